The first kappa shape index (κ1) is 34.2. The van der Waals surface area contributed by atoms with Gasteiger partial charge in [-0.1, -0.05) is 144 Å². The molecule has 0 saturated carbocycles. The highest BCUT2D eigenvalue weighted by Crippen LogP contribution is 2.42. The van der Waals surface area contributed by atoms with Gasteiger partial charge in [-0.05, 0) is 22.3 Å². The first-order valence-corrected chi connectivity index (χ1v) is 16.4. The van der Waals surface area contributed by atoms with Gasteiger partial charge in [-0.25, -0.2) is 4.79 Å². The molecular weight excluding hydrogens is 702 g/mol. The van der Waals surface area contributed by atoms with Gasteiger partial charge in [0.1, 0.15) is 28.3 Å². The molecule has 0 radical (unpaired) electrons. The van der Waals surface area contributed by atoms with Crippen molar-refractivity contribution < 1.29 is 37.6 Å². The van der Waals surface area contributed by atoms with Crippen molar-refractivity contribution in [3.05, 3.63) is 144 Å². The third kappa shape index (κ3) is 8.99. The summed E-state index contributed by atoms with van der Waals surface area (Å²) in [6.07, 6.45) is -3.74. The van der Waals surface area contributed by atoms with Gasteiger partial charge in [0.2, 0.25) is 0 Å². The van der Waals surface area contributed by atoms with E-state index in [4.69, 9.17) is 28.4 Å². The number of esters is 1. The summed E-state index contributed by atoms with van der Waals surface area (Å²) >= 11 is 1.87. The maximum absolute atomic E-state index is 16.9. The van der Waals surface area contributed by atoms with Crippen molar-refractivity contribution in [3.8, 4) is 0 Å². The number of methoxy groups -OCH3 is 1. The Labute approximate surface area is 283 Å². The Morgan fingerprint density at radius 3 is 1.63 bits per heavy atom. The third-order valence-corrected chi connectivity index (χ3v) is 9.21. The molecule has 1 heterocycles. The minimum Gasteiger partial charge on any atom is -0.465 e. The lowest BCUT2D eigenvalue weighted by Crippen LogP contribution is -2.67. The predicted octanol–water partition coefficient (Wildman–Crippen LogP) is 7.00. The summed E-state index contributed by atoms with van der Waals surface area (Å²) in [6, 6.07) is 38.6. The predicted molar refractivity (Wildman–Crippen MR) is 180 cm³/mol. The summed E-state index contributed by atoms with van der Waals surface area (Å²) in [4.78, 5) is 13.1. The van der Waals surface area contributed by atoms with Crippen LogP contribution in [0.25, 0.3) is 0 Å². The van der Waals surface area contributed by atoms with E-state index in [1.54, 1.807) is 0 Å². The molecule has 1 aliphatic heterocycles. The van der Waals surface area contributed by atoms with E-state index in [-0.39, 0.29) is 26.4 Å². The van der Waals surface area contributed by atoms with Gasteiger partial charge >= 0.3 is 11.8 Å². The zero-order chi connectivity index (χ0) is 32.2. The summed E-state index contributed by atoms with van der Waals surface area (Å²) < 4.78 is 52.4. The Hall–Kier alpha value is -3.19. The lowest BCUT2D eigenvalue weighted by atomic mass is 9.92. The number of rotatable bonds is 15. The summed E-state index contributed by atoms with van der Waals surface area (Å²) in [5, 5.41) is 0. The van der Waals surface area contributed by atoms with Crippen LogP contribution in [0.4, 0.5) is 4.39 Å². The zero-order valence-corrected chi connectivity index (χ0v) is 27.7. The first-order valence-electron chi connectivity index (χ1n) is 15.2. The molecule has 6 atom stereocenters. The minimum atomic E-state index is -2.85. The van der Waals surface area contributed by atoms with Crippen molar-refractivity contribution in [2.24, 2.45) is 0 Å². The molecule has 4 aromatic rings. The number of carbonyl (C=O) groups excluding carboxylic acids is 1. The van der Waals surface area contributed by atoms with Crippen molar-refractivity contribution >= 4 is 28.6 Å². The van der Waals surface area contributed by atoms with Crippen molar-refractivity contribution in [3.63, 3.8) is 0 Å². The number of carbonyl (C=O) groups is 1. The van der Waals surface area contributed by atoms with Gasteiger partial charge in [-0.2, -0.15) is 4.39 Å². The Kier molecular flexibility index (Phi) is 12.7. The van der Waals surface area contributed by atoms with Crippen molar-refractivity contribution in [1.82, 2.24) is 0 Å². The summed E-state index contributed by atoms with van der Waals surface area (Å²) in [5.41, 5.74) is 3.69. The second-order valence-corrected chi connectivity index (χ2v) is 12.3. The Balaban J connectivity index is 1.48. The highest BCUT2D eigenvalue weighted by Gasteiger charge is 2.62. The first-order chi connectivity index (χ1) is 22.5. The van der Waals surface area contributed by atoms with Crippen LogP contribution in [0.3, 0.4) is 0 Å². The van der Waals surface area contributed by atoms with Crippen LogP contribution in [-0.2, 0) is 59.6 Å². The van der Waals surface area contributed by atoms with Crippen LogP contribution in [-0.4, -0.2) is 53.9 Å². The normalized spacial score (nSPS) is 23.5. The van der Waals surface area contributed by atoms with E-state index in [0.29, 0.717) is 6.61 Å². The highest BCUT2D eigenvalue weighted by molar-refractivity contribution is 14.1. The Bertz CT molecular complexity index is 1460. The fourth-order valence-corrected chi connectivity index (χ4v) is 6.28. The van der Waals surface area contributed by atoms with Gasteiger partial charge < -0.3 is 28.4 Å². The van der Waals surface area contributed by atoms with E-state index < -0.39 is 40.2 Å². The molecule has 9 heteroatoms. The molecule has 242 valence electrons. The average Bonchev–Trinajstić information content (AvgIpc) is 3.11. The average molecular weight is 741 g/mol. The van der Waals surface area contributed by atoms with Crippen molar-refractivity contribution in [2.75, 3.05) is 13.7 Å². The van der Waals surface area contributed by atoms with Gasteiger partial charge in [0.15, 0.2) is 0 Å². The van der Waals surface area contributed by atoms with Crippen LogP contribution in [0.2, 0.25) is 0 Å². The lowest BCUT2D eigenvalue weighted by Gasteiger charge is -2.48. The molecule has 7 nitrogen and oxygen atoms in total. The van der Waals surface area contributed by atoms with E-state index in [1.807, 2.05) is 144 Å². The van der Waals surface area contributed by atoms with Crippen LogP contribution in [0.1, 0.15) is 22.3 Å². The maximum atomic E-state index is 16.9. The standard InChI is InChI=1S/C37H38FIO7/c1-41-36(40)37(38)35(39)34(45-25-30-20-12-5-13-21-30)33(44-24-29-18-10-4-11-19-29)32(46-37)31(43-23-28-16-8-3-9-17-28)26-42-22-27-14-6-2-7-15-27/h2-21,31-35H,22-26H2,1H3/t31-,32-,33+,34+,35+,37-/m1/s1. The summed E-state index contributed by atoms with van der Waals surface area (Å²) in [6.45, 7) is 0.904. The second kappa shape index (κ2) is 17.1. The SMILES string of the molecule is COC(=O)[C@]1(F)O[C@H]([C@@H](COCc2ccccc2)OCc2ccccc2)[C@H](OCc2ccccc2)[C@H](OCc2ccccc2)[C@@H]1I. The molecule has 1 fully saturated rings. The number of halogens is 2. The fourth-order valence-electron chi connectivity index (χ4n) is 5.27. The van der Waals surface area contributed by atoms with E-state index in [1.165, 1.54) is 0 Å². The molecule has 0 aliphatic carbocycles. The maximum Gasteiger partial charge on any atom is 0.373 e. The molecule has 0 unspecified atom stereocenters. The zero-order valence-electron chi connectivity index (χ0n) is 25.6. The molecule has 1 saturated heterocycles. The van der Waals surface area contributed by atoms with Crippen LogP contribution in [0.5, 0.6) is 0 Å². The second-order valence-electron chi connectivity index (χ2n) is 11.0. The molecule has 0 bridgehead atoms. The largest absolute Gasteiger partial charge is 0.465 e. The highest BCUT2D eigenvalue weighted by atomic mass is 127. The molecule has 4 aromatic carbocycles. The van der Waals surface area contributed by atoms with Crippen LogP contribution < -0.4 is 0 Å². The van der Waals surface area contributed by atoms with Crippen LogP contribution in [0, 0.1) is 0 Å². The van der Waals surface area contributed by atoms with E-state index >= 15 is 4.39 Å². The van der Waals surface area contributed by atoms with Crippen molar-refractivity contribution in [2.45, 2.75) is 60.6 Å². The Morgan fingerprint density at radius 2 is 1.15 bits per heavy atom. The number of benzene rings is 4. The molecule has 1 aliphatic rings. The summed E-state index contributed by atoms with van der Waals surface area (Å²) in [5.74, 6) is -4.00. The fraction of sp³-hybridized carbons (Fsp3) is 0.324. The molecule has 0 amide bonds. The minimum absolute atomic E-state index is 0.0339. The molecule has 0 aromatic heterocycles. The Morgan fingerprint density at radius 1 is 0.717 bits per heavy atom. The summed E-state index contributed by atoms with van der Waals surface area (Å²) in [7, 11) is 1.13. The van der Waals surface area contributed by atoms with Gasteiger partial charge in [0.05, 0.1) is 40.1 Å². The quantitative estimate of drug-likeness (QED) is 0.0739. The van der Waals surface area contributed by atoms with Gasteiger partial charge in [0.25, 0.3) is 0 Å². The molecule has 0 N–H and O–H groups in total. The topological polar surface area (TPSA) is 72.5 Å². The molecular formula is C37H38FIO7. The number of hydrogen-bond acceptors (Lipinski definition) is 7. The van der Waals surface area contributed by atoms with Crippen molar-refractivity contribution in [1.29, 1.82) is 0 Å². The number of alkyl halides is 2. The smallest absolute Gasteiger partial charge is 0.373 e. The van der Waals surface area contributed by atoms with Gasteiger partial charge in [-0.15, -0.1) is 0 Å². The molecule has 0 spiro atoms. The van der Waals surface area contributed by atoms with Crippen LogP contribution >= 0.6 is 22.6 Å². The van der Waals surface area contributed by atoms with Gasteiger partial charge in [0, 0.05) is 0 Å². The van der Waals surface area contributed by atoms with Crippen LogP contribution in [0.15, 0.2) is 121 Å². The molecule has 46 heavy (non-hydrogen) atoms. The molecule has 5 rings (SSSR count). The monoisotopic (exact) mass is 740 g/mol. The lowest BCUT2D eigenvalue weighted by molar-refractivity contribution is -0.298. The third-order valence-electron chi connectivity index (χ3n) is 7.70. The van der Waals surface area contributed by atoms with E-state index in [9.17, 15) is 4.79 Å². The number of ether oxygens (including phenoxy) is 6. The van der Waals surface area contributed by atoms with E-state index in [0.717, 1.165) is 29.4 Å². The number of hydrogen-bond donors (Lipinski definition) is 0. The van der Waals surface area contributed by atoms with Gasteiger partial charge in [-0.3, -0.25) is 0 Å². The van der Waals surface area contributed by atoms with E-state index in [2.05, 4.69) is 0 Å².